The molecule has 8 nitrogen and oxygen atoms in total. The zero-order chi connectivity index (χ0) is 39.0. The lowest BCUT2D eigenvalue weighted by atomic mass is 9.32. The maximum atomic E-state index is 13.1. The summed E-state index contributed by atoms with van der Waals surface area (Å²) in [5, 5.41) is 14.0. The van der Waals surface area contributed by atoms with E-state index >= 15 is 0 Å². The molecule has 0 aromatic rings. The smallest absolute Gasteiger partial charge is 0.309 e. The highest BCUT2D eigenvalue weighted by Crippen LogP contribution is 2.76. The van der Waals surface area contributed by atoms with E-state index in [0.29, 0.717) is 54.6 Å². The van der Waals surface area contributed by atoms with Crippen LogP contribution in [0.15, 0.2) is 0 Å². The normalized spacial score (nSPS) is 42.8. The summed E-state index contributed by atoms with van der Waals surface area (Å²) in [7, 11) is -2.91. The Labute approximate surface area is 326 Å². The van der Waals surface area contributed by atoms with Gasteiger partial charge in [-0.05, 0) is 136 Å². The fourth-order valence-corrected chi connectivity index (χ4v) is 16.4. The van der Waals surface area contributed by atoms with Crippen molar-refractivity contribution in [1.82, 2.24) is 10.2 Å². The summed E-state index contributed by atoms with van der Waals surface area (Å²) in [5.41, 5.74) is -0.500. The first-order valence-electron chi connectivity index (χ1n) is 21.2. The summed E-state index contributed by atoms with van der Waals surface area (Å²) < 4.78 is 30.8. The number of hydrogen-bond acceptors (Lipinski definition) is 8. The molecular formula is C43H74N2O6S2. The Kier molecular flexibility index (Phi) is 11.4. The molecule has 53 heavy (non-hydrogen) atoms. The van der Waals surface area contributed by atoms with Crippen LogP contribution in [0.1, 0.15) is 133 Å². The quantitative estimate of drug-likeness (QED) is 0.202. The number of aliphatic carboxylic acids is 1. The molecule has 304 valence electrons. The van der Waals surface area contributed by atoms with Crippen LogP contribution in [0.2, 0.25) is 0 Å². The van der Waals surface area contributed by atoms with Gasteiger partial charge in [-0.3, -0.25) is 14.5 Å². The zero-order valence-electron chi connectivity index (χ0n) is 34.9. The van der Waals surface area contributed by atoms with E-state index in [0.717, 1.165) is 31.6 Å². The van der Waals surface area contributed by atoms with Gasteiger partial charge in [0.1, 0.15) is 6.10 Å². The van der Waals surface area contributed by atoms with Crippen molar-refractivity contribution in [3.05, 3.63) is 0 Å². The minimum Gasteiger partial charge on any atom is -0.481 e. The number of sulfone groups is 1. The number of thioether (sulfide) groups is 1. The second kappa shape index (κ2) is 14.5. The second-order valence-electron chi connectivity index (χ2n) is 21.2. The molecule has 6 aliphatic rings. The fourth-order valence-electron chi connectivity index (χ4n) is 14.4. The van der Waals surface area contributed by atoms with Gasteiger partial charge in [0.15, 0.2) is 9.84 Å². The molecule has 5 aliphatic carbocycles. The first-order valence-corrected chi connectivity index (χ1v) is 24.4. The van der Waals surface area contributed by atoms with Crippen LogP contribution in [-0.4, -0.2) is 91.2 Å². The SMILES string of the molecule is CSC[C@H](CN[C@]12CC[C@@H](C(C)C)[C@@H]1[C@H]1CC[C@@H]3[C@@]4(C)CC[C@H](OC(=O)CC(C)(C)C(=O)O)C(C)(C)[C@@H]4CC[C@@]3(C)[C@]1(C)CC2)N1CCS(=O)(=O)CC1. The number of nitrogens with zero attached hydrogens (tertiary/aromatic N) is 1. The highest BCUT2D eigenvalue weighted by Gasteiger charge is 2.71. The van der Waals surface area contributed by atoms with Crippen LogP contribution in [-0.2, 0) is 24.2 Å². The number of carboxylic acids is 1. The molecule has 6 fully saturated rings. The number of nitrogens with one attached hydrogen (secondary N) is 1. The lowest BCUT2D eigenvalue weighted by molar-refractivity contribution is -0.247. The number of ether oxygens (including phenoxy) is 1. The molecule has 0 bridgehead atoms. The molecule has 0 amide bonds. The number of esters is 1. The first-order chi connectivity index (χ1) is 24.6. The minimum absolute atomic E-state index is 0.104. The van der Waals surface area contributed by atoms with Crippen molar-refractivity contribution >= 4 is 33.5 Å². The third-order valence-electron chi connectivity index (χ3n) is 17.7. The predicted molar refractivity (Wildman–Crippen MR) is 216 cm³/mol. The van der Waals surface area contributed by atoms with Gasteiger partial charge in [-0.1, -0.05) is 48.5 Å². The Balaban J connectivity index is 1.22. The van der Waals surface area contributed by atoms with Gasteiger partial charge in [-0.15, -0.1) is 0 Å². The maximum absolute atomic E-state index is 13.1. The second-order valence-corrected chi connectivity index (χ2v) is 24.4. The van der Waals surface area contributed by atoms with Gasteiger partial charge in [-0.25, -0.2) is 8.42 Å². The van der Waals surface area contributed by atoms with Gasteiger partial charge in [0, 0.05) is 42.4 Å². The monoisotopic (exact) mass is 778 g/mol. The lowest BCUT2D eigenvalue weighted by Crippen LogP contribution is -2.69. The van der Waals surface area contributed by atoms with Gasteiger partial charge in [0.25, 0.3) is 0 Å². The number of carbonyl (C=O) groups excluding carboxylic acids is 1. The summed E-state index contributed by atoms with van der Waals surface area (Å²) in [4.78, 5) is 27.3. The number of rotatable bonds is 11. The summed E-state index contributed by atoms with van der Waals surface area (Å²) in [5.74, 6) is 4.03. The molecule has 0 radical (unpaired) electrons. The predicted octanol–water partition coefficient (Wildman–Crippen LogP) is 7.94. The summed E-state index contributed by atoms with van der Waals surface area (Å²) in [6, 6.07) is 0.354. The number of fused-ring (bicyclic) bond motifs is 7. The molecule has 5 saturated carbocycles. The van der Waals surface area contributed by atoms with Gasteiger partial charge in [0.2, 0.25) is 0 Å². The summed E-state index contributed by atoms with van der Waals surface area (Å²) in [6.07, 6.45) is 13.8. The van der Waals surface area contributed by atoms with Crippen LogP contribution in [0.4, 0.5) is 0 Å². The van der Waals surface area contributed by atoms with Gasteiger partial charge >= 0.3 is 11.9 Å². The highest BCUT2D eigenvalue weighted by atomic mass is 32.2. The topological polar surface area (TPSA) is 113 Å². The molecule has 0 unspecified atom stereocenters. The van der Waals surface area contributed by atoms with E-state index in [9.17, 15) is 23.1 Å². The Morgan fingerprint density at radius 1 is 0.906 bits per heavy atom. The largest absolute Gasteiger partial charge is 0.481 e. The van der Waals surface area contributed by atoms with E-state index in [-0.39, 0.29) is 57.2 Å². The number of hydrogen-bond donors (Lipinski definition) is 2. The van der Waals surface area contributed by atoms with E-state index in [2.05, 4.69) is 64.9 Å². The Bertz CT molecular complexity index is 1480. The van der Waals surface area contributed by atoms with Crippen LogP contribution in [0.25, 0.3) is 0 Å². The van der Waals surface area contributed by atoms with E-state index in [1.807, 2.05) is 11.8 Å². The van der Waals surface area contributed by atoms with Crippen molar-refractivity contribution in [3.63, 3.8) is 0 Å². The molecule has 1 saturated heterocycles. The molecule has 11 atom stereocenters. The first kappa shape index (κ1) is 41.8. The van der Waals surface area contributed by atoms with Crippen LogP contribution >= 0.6 is 11.8 Å². The molecule has 10 heteroatoms. The molecular weight excluding hydrogens is 705 g/mol. The lowest BCUT2D eigenvalue weighted by Gasteiger charge is -2.73. The Hall–Kier alpha value is -0.840. The summed E-state index contributed by atoms with van der Waals surface area (Å²) in [6.45, 7) is 23.0. The average Bonchev–Trinajstić information content (AvgIpc) is 3.45. The van der Waals surface area contributed by atoms with Crippen LogP contribution in [0.5, 0.6) is 0 Å². The third-order valence-corrected chi connectivity index (χ3v) is 20.0. The molecule has 6 rings (SSSR count). The highest BCUT2D eigenvalue weighted by molar-refractivity contribution is 7.98. The standard InChI is InChI=1S/C43H74N2O6S2/c1-28(2)30-13-18-43(44-26-29(27-52-10)45-21-23-53(49,50)24-22-45)20-19-41(8)31(36(30)43)11-12-33-40(7)16-15-34(51-35(46)25-38(3,4)37(47)48)39(5,6)32(40)14-17-42(33,41)9/h28-34,36,44H,11-27H2,1-10H3,(H,47,48)/t29-,30-,31+,32-,33+,34-,36+,40-,41+,42+,43-/m0/s1. The van der Waals surface area contributed by atoms with Crippen molar-refractivity contribution in [2.75, 3.05) is 43.1 Å². The van der Waals surface area contributed by atoms with Crippen molar-refractivity contribution in [1.29, 1.82) is 0 Å². The van der Waals surface area contributed by atoms with Crippen molar-refractivity contribution in [2.45, 2.75) is 151 Å². The molecule has 0 spiro atoms. The van der Waals surface area contributed by atoms with Crippen molar-refractivity contribution in [3.8, 4) is 0 Å². The Morgan fingerprint density at radius 3 is 2.21 bits per heavy atom. The van der Waals surface area contributed by atoms with Crippen LogP contribution in [0.3, 0.4) is 0 Å². The molecule has 2 N–H and O–H groups in total. The van der Waals surface area contributed by atoms with E-state index in [1.54, 1.807) is 13.8 Å². The van der Waals surface area contributed by atoms with Crippen molar-refractivity contribution < 1.29 is 27.9 Å². The third kappa shape index (κ3) is 7.08. The maximum Gasteiger partial charge on any atom is 0.309 e. The number of carboxylic acid groups (broad SMARTS) is 1. The van der Waals surface area contributed by atoms with E-state index in [1.165, 1.54) is 44.9 Å². The summed E-state index contributed by atoms with van der Waals surface area (Å²) >= 11 is 1.88. The van der Waals surface area contributed by atoms with E-state index < -0.39 is 21.2 Å². The zero-order valence-corrected chi connectivity index (χ0v) is 36.5. The van der Waals surface area contributed by atoms with E-state index in [4.69, 9.17) is 4.74 Å². The van der Waals surface area contributed by atoms with Gasteiger partial charge in [-0.2, -0.15) is 11.8 Å². The molecule has 0 aromatic carbocycles. The molecule has 0 aromatic heterocycles. The minimum atomic E-state index is -2.91. The Morgan fingerprint density at radius 2 is 1.58 bits per heavy atom. The van der Waals surface area contributed by atoms with Crippen LogP contribution < -0.4 is 5.32 Å². The van der Waals surface area contributed by atoms with Crippen molar-refractivity contribution in [2.24, 2.45) is 62.6 Å². The number of carbonyl (C=O) groups is 2. The molecule has 1 heterocycles. The fraction of sp³-hybridized carbons (Fsp3) is 0.953. The van der Waals surface area contributed by atoms with Gasteiger partial charge < -0.3 is 15.2 Å². The average molecular weight is 779 g/mol. The van der Waals surface area contributed by atoms with Gasteiger partial charge in [0.05, 0.1) is 23.3 Å². The van der Waals surface area contributed by atoms with Crippen LogP contribution in [0, 0.1) is 62.6 Å². The molecule has 1 aliphatic heterocycles.